The molecule has 0 aromatic heterocycles. The second-order valence-electron chi connectivity index (χ2n) is 7.71. The molecular weight excluding hydrogens is 329 g/mol. The molecule has 0 N–H and O–H groups in total. The first-order valence-corrected chi connectivity index (χ1v) is 9.30. The third-order valence-corrected chi connectivity index (χ3v) is 5.69. The first-order valence-electron chi connectivity index (χ1n) is 9.30. The van der Waals surface area contributed by atoms with E-state index < -0.39 is 0 Å². The van der Waals surface area contributed by atoms with Gasteiger partial charge in [0.15, 0.2) is 0 Å². The van der Waals surface area contributed by atoms with Crippen molar-refractivity contribution in [3.8, 4) is 11.1 Å². The van der Waals surface area contributed by atoms with Crippen molar-refractivity contribution in [1.29, 1.82) is 0 Å². The maximum absolute atomic E-state index is 13.7. The van der Waals surface area contributed by atoms with Gasteiger partial charge in [0.1, 0.15) is 5.82 Å². The molecule has 0 radical (unpaired) electrons. The number of hydrogen-bond donors (Lipinski definition) is 0. The van der Waals surface area contributed by atoms with E-state index in [1.165, 1.54) is 11.6 Å². The van der Waals surface area contributed by atoms with E-state index in [-0.39, 0.29) is 23.1 Å². The number of carbonyl (C=O) groups is 1. The van der Waals surface area contributed by atoms with Crippen LogP contribution in [0.2, 0.25) is 0 Å². The first-order chi connectivity index (χ1) is 12.5. The highest BCUT2D eigenvalue weighted by Crippen LogP contribution is 2.48. The number of halogens is 1. The monoisotopic (exact) mass is 353 g/mol. The lowest BCUT2D eigenvalue weighted by atomic mass is 9.75. The SMILES string of the molecule is CC(C)C(=O)N1CC2(CCOCC2)c2cc(-c3cccc(F)c3)ccc21. The predicted molar refractivity (Wildman–Crippen MR) is 101 cm³/mol. The highest BCUT2D eigenvalue weighted by Gasteiger charge is 2.45. The van der Waals surface area contributed by atoms with Gasteiger partial charge in [-0.1, -0.05) is 32.0 Å². The molecule has 1 spiro atoms. The highest BCUT2D eigenvalue weighted by molar-refractivity contribution is 5.98. The first kappa shape index (κ1) is 17.2. The van der Waals surface area contributed by atoms with Gasteiger partial charge in [-0.2, -0.15) is 0 Å². The quantitative estimate of drug-likeness (QED) is 0.793. The molecule has 3 nitrogen and oxygen atoms in total. The molecule has 0 aliphatic carbocycles. The second kappa shape index (κ2) is 6.51. The Morgan fingerprint density at radius 2 is 1.85 bits per heavy atom. The molecule has 4 heteroatoms. The van der Waals surface area contributed by atoms with Crippen LogP contribution < -0.4 is 4.90 Å². The second-order valence-corrected chi connectivity index (χ2v) is 7.71. The Balaban J connectivity index is 1.82. The lowest BCUT2D eigenvalue weighted by molar-refractivity contribution is -0.121. The fourth-order valence-electron chi connectivity index (χ4n) is 4.21. The topological polar surface area (TPSA) is 29.5 Å². The van der Waals surface area contributed by atoms with Gasteiger partial charge in [0.2, 0.25) is 5.91 Å². The Hall–Kier alpha value is -2.20. The zero-order valence-electron chi connectivity index (χ0n) is 15.3. The summed E-state index contributed by atoms with van der Waals surface area (Å²) in [6.07, 6.45) is 1.82. The molecule has 2 aliphatic heterocycles. The molecule has 4 rings (SSSR count). The standard InChI is InChI=1S/C22H24FNO2/c1-15(2)21(25)24-14-22(8-10-26-11-9-22)19-13-17(6-7-20(19)24)16-4-3-5-18(23)12-16/h3-7,12-13,15H,8-11,14H2,1-2H3. The molecule has 2 aliphatic rings. The van der Waals surface area contributed by atoms with E-state index in [4.69, 9.17) is 4.74 Å². The molecule has 2 aromatic rings. The number of rotatable bonds is 2. The highest BCUT2D eigenvalue weighted by atomic mass is 19.1. The Morgan fingerprint density at radius 3 is 2.54 bits per heavy atom. The molecular formula is C22H24FNO2. The van der Waals surface area contributed by atoms with Crippen molar-refractivity contribution in [2.24, 2.45) is 5.92 Å². The van der Waals surface area contributed by atoms with Crippen molar-refractivity contribution in [3.63, 3.8) is 0 Å². The van der Waals surface area contributed by atoms with Gasteiger partial charge in [0.05, 0.1) is 0 Å². The van der Waals surface area contributed by atoms with Crippen LogP contribution >= 0.6 is 0 Å². The number of fused-ring (bicyclic) bond motifs is 2. The van der Waals surface area contributed by atoms with E-state index >= 15 is 0 Å². The molecule has 2 aromatic carbocycles. The largest absolute Gasteiger partial charge is 0.381 e. The van der Waals surface area contributed by atoms with Gasteiger partial charge in [-0.15, -0.1) is 0 Å². The van der Waals surface area contributed by atoms with E-state index in [1.54, 1.807) is 12.1 Å². The molecule has 26 heavy (non-hydrogen) atoms. The normalized spacial score (nSPS) is 18.4. The van der Waals surface area contributed by atoms with Crippen LogP contribution in [0.25, 0.3) is 11.1 Å². The Kier molecular flexibility index (Phi) is 4.31. The average Bonchev–Trinajstić information content (AvgIpc) is 2.95. The average molecular weight is 353 g/mol. The van der Waals surface area contributed by atoms with Gasteiger partial charge in [0, 0.05) is 36.8 Å². The van der Waals surface area contributed by atoms with Gasteiger partial charge in [0.25, 0.3) is 0 Å². The molecule has 1 fully saturated rings. The van der Waals surface area contributed by atoms with Crippen molar-refractivity contribution in [3.05, 3.63) is 53.8 Å². The zero-order valence-corrected chi connectivity index (χ0v) is 15.3. The summed E-state index contributed by atoms with van der Waals surface area (Å²) in [6.45, 7) is 6.03. The number of anilines is 1. The number of hydrogen-bond acceptors (Lipinski definition) is 2. The summed E-state index contributed by atoms with van der Waals surface area (Å²) in [5, 5.41) is 0. The summed E-state index contributed by atoms with van der Waals surface area (Å²) in [6, 6.07) is 12.9. The Labute approximate surface area is 153 Å². The van der Waals surface area contributed by atoms with Crippen molar-refractivity contribution < 1.29 is 13.9 Å². The van der Waals surface area contributed by atoms with Crippen LogP contribution in [-0.2, 0) is 14.9 Å². The van der Waals surface area contributed by atoms with Gasteiger partial charge in [-0.05, 0) is 53.8 Å². The number of benzene rings is 2. The predicted octanol–water partition coefficient (Wildman–Crippen LogP) is 4.54. The summed E-state index contributed by atoms with van der Waals surface area (Å²) in [5.41, 5.74) is 4.01. The van der Waals surface area contributed by atoms with Crippen molar-refractivity contribution >= 4 is 11.6 Å². The fraction of sp³-hybridized carbons (Fsp3) is 0.409. The van der Waals surface area contributed by atoms with Crippen LogP contribution in [0.4, 0.5) is 10.1 Å². The van der Waals surface area contributed by atoms with Crippen molar-refractivity contribution in [1.82, 2.24) is 0 Å². The van der Waals surface area contributed by atoms with Crippen LogP contribution in [0.3, 0.4) is 0 Å². The number of amides is 1. The summed E-state index contributed by atoms with van der Waals surface area (Å²) in [7, 11) is 0. The fourth-order valence-corrected chi connectivity index (χ4v) is 4.21. The van der Waals surface area contributed by atoms with Gasteiger partial charge in [-0.25, -0.2) is 4.39 Å². The molecule has 1 amide bonds. The van der Waals surface area contributed by atoms with Crippen LogP contribution in [0.5, 0.6) is 0 Å². The molecule has 1 saturated heterocycles. The molecule has 0 atom stereocenters. The van der Waals surface area contributed by atoms with E-state index in [2.05, 4.69) is 6.07 Å². The van der Waals surface area contributed by atoms with Crippen LogP contribution in [0.15, 0.2) is 42.5 Å². The van der Waals surface area contributed by atoms with E-state index in [1.807, 2.05) is 36.9 Å². The lowest BCUT2D eigenvalue weighted by Crippen LogP contribution is -2.41. The van der Waals surface area contributed by atoms with E-state index in [9.17, 15) is 9.18 Å². The maximum Gasteiger partial charge on any atom is 0.229 e. The summed E-state index contributed by atoms with van der Waals surface area (Å²) in [4.78, 5) is 14.7. The molecule has 2 heterocycles. The molecule has 0 bridgehead atoms. The van der Waals surface area contributed by atoms with Crippen molar-refractivity contribution in [2.75, 3.05) is 24.7 Å². The molecule has 136 valence electrons. The van der Waals surface area contributed by atoms with Crippen molar-refractivity contribution in [2.45, 2.75) is 32.1 Å². The minimum atomic E-state index is -0.236. The summed E-state index contributed by atoms with van der Waals surface area (Å²) < 4.78 is 19.3. The van der Waals surface area contributed by atoms with Gasteiger partial charge >= 0.3 is 0 Å². The lowest BCUT2D eigenvalue weighted by Gasteiger charge is -2.34. The number of ether oxygens (including phenoxy) is 1. The zero-order chi connectivity index (χ0) is 18.3. The van der Waals surface area contributed by atoms with Crippen LogP contribution in [-0.4, -0.2) is 25.7 Å². The third-order valence-electron chi connectivity index (χ3n) is 5.69. The Morgan fingerprint density at radius 1 is 1.12 bits per heavy atom. The van der Waals surface area contributed by atoms with Gasteiger partial charge in [-0.3, -0.25) is 4.79 Å². The summed E-state index contributed by atoms with van der Waals surface area (Å²) in [5.74, 6) is -0.116. The maximum atomic E-state index is 13.7. The van der Waals surface area contributed by atoms with E-state index in [0.29, 0.717) is 13.2 Å². The molecule has 0 saturated carbocycles. The number of carbonyl (C=O) groups excluding carboxylic acids is 1. The molecule has 0 unspecified atom stereocenters. The minimum Gasteiger partial charge on any atom is -0.381 e. The summed E-state index contributed by atoms with van der Waals surface area (Å²) >= 11 is 0. The van der Waals surface area contributed by atoms with Gasteiger partial charge < -0.3 is 9.64 Å². The minimum absolute atomic E-state index is 0.0410. The smallest absolute Gasteiger partial charge is 0.229 e. The van der Waals surface area contributed by atoms with Crippen LogP contribution in [0.1, 0.15) is 32.3 Å². The Bertz CT molecular complexity index is 840. The van der Waals surface area contributed by atoms with E-state index in [0.717, 1.165) is 36.2 Å². The number of nitrogens with zero attached hydrogens (tertiary/aromatic N) is 1. The third kappa shape index (κ3) is 2.82. The van der Waals surface area contributed by atoms with Crippen LogP contribution in [0, 0.1) is 11.7 Å².